The summed E-state index contributed by atoms with van der Waals surface area (Å²) in [6.45, 7) is 4.71. The predicted octanol–water partition coefficient (Wildman–Crippen LogP) is 4.66. The van der Waals surface area contributed by atoms with Crippen molar-refractivity contribution in [3.8, 4) is 11.5 Å². The van der Waals surface area contributed by atoms with Crippen LogP contribution in [0.3, 0.4) is 0 Å². The molecule has 27 heavy (non-hydrogen) atoms. The van der Waals surface area contributed by atoms with E-state index in [0.717, 1.165) is 11.4 Å². The number of benzene rings is 2. The van der Waals surface area contributed by atoms with Gasteiger partial charge in [0.25, 0.3) is 5.91 Å². The topological polar surface area (TPSA) is 62.1 Å². The summed E-state index contributed by atoms with van der Waals surface area (Å²) in [6.07, 6.45) is 1.71. The average molecular weight is 382 g/mol. The monoisotopic (exact) mass is 382 g/mol. The highest BCUT2D eigenvalue weighted by Gasteiger charge is 2.33. The summed E-state index contributed by atoms with van der Waals surface area (Å²) in [4.78, 5) is 19.8. The van der Waals surface area contributed by atoms with Crippen LogP contribution in [0.5, 0.6) is 11.5 Å². The number of methoxy groups -OCH3 is 1. The second-order valence-electron chi connectivity index (χ2n) is 6.57. The summed E-state index contributed by atoms with van der Waals surface area (Å²) in [5, 5.41) is 10.6. The number of hydrogen-bond acceptors (Lipinski definition) is 5. The van der Waals surface area contributed by atoms with Crippen molar-refractivity contribution in [2.24, 2.45) is 10.9 Å². The third-order valence-electron chi connectivity index (χ3n) is 3.96. The lowest BCUT2D eigenvalue weighted by atomic mass is 10.1. The van der Waals surface area contributed by atoms with Crippen LogP contribution in [0, 0.1) is 5.92 Å². The molecule has 1 fully saturated rings. The van der Waals surface area contributed by atoms with Gasteiger partial charge in [-0.15, -0.1) is 0 Å². The highest BCUT2D eigenvalue weighted by Crippen LogP contribution is 2.36. The quantitative estimate of drug-likeness (QED) is 0.764. The number of phenols is 1. The third-order valence-corrected chi connectivity index (χ3v) is 4.96. The second kappa shape index (κ2) is 8.31. The first-order chi connectivity index (χ1) is 13.0. The fraction of sp³-hybridized carbons (Fsp3) is 0.238. The van der Waals surface area contributed by atoms with Gasteiger partial charge in [0.1, 0.15) is 11.5 Å². The first kappa shape index (κ1) is 19.0. The summed E-state index contributed by atoms with van der Waals surface area (Å²) in [5.41, 5.74) is 1.37. The zero-order valence-corrected chi connectivity index (χ0v) is 16.4. The fourth-order valence-electron chi connectivity index (χ4n) is 2.64. The molecule has 1 saturated heterocycles. The number of amides is 1. The van der Waals surface area contributed by atoms with E-state index in [9.17, 15) is 9.90 Å². The Morgan fingerprint density at radius 1 is 1.19 bits per heavy atom. The molecule has 0 saturated carbocycles. The van der Waals surface area contributed by atoms with E-state index in [1.165, 1.54) is 11.8 Å². The molecule has 2 aromatic rings. The Bertz CT molecular complexity index is 889. The molecule has 5 nitrogen and oxygen atoms in total. The van der Waals surface area contributed by atoms with Gasteiger partial charge in [-0.25, -0.2) is 4.99 Å². The van der Waals surface area contributed by atoms with E-state index >= 15 is 0 Å². The Balaban J connectivity index is 1.95. The maximum atomic E-state index is 12.9. The number of carbonyl (C=O) groups is 1. The van der Waals surface area contributed by atoms with Gasteiger partial charge in [0.2, 0.25) is 0 Å². The number of amidine groups is 1. The van der Waals surface area contributed by atoms with E-state index in [4.69, 9.17) is 4.74 Å². The van der Waals surface area contributed by atoms with E-state index in [-0.39, 0.29) is 11.7 Å². The van der Waals surface area contributed by atoms with Gasteiger partial charge < -0.3 is 9.84 Å². The molecular formula is C21H22N2O3S. The predicted molar refractivity (Wildman–Crippen MR) is 110 cm³/mol. The zero-order chi connectivity index (χ0) is 19.4. The van der Waals surface area contributed by atoms with Gasteiger partial charge >= 0.3 is 0 Å². The maximum absolute atomic E-state index is 12.9. The first-order valence-electron chi connectivity index (χ1n) is 8.70. The van der Waals surface area contributed by atoms with E-state index in [2.05, 4.69) is 18.8 Å². The summed E-state index contributed by atoms with van der Waals surface area (Å²) in [6, 6.07) is 14.4. The van der Waals surface area contributed by atoms with Gasteiger partial charge in [-0.3, -0.25) is 9.69 Å². The fourth-order valence-corrected chi connectivity index (χ4v) is 3.63. The Morgan fingerprint density at radius 2 is 1.89 bits per heavy atom. The Morgan fingerprint density at radius 3 is 2.52 bits per heavy atom. The molecule has 3 rings (SSSR count). The van der Waals surface area contributed by atoms with Gasteiger partial charge in [-0.2, -0.15) is 0 Å². The van der Waals surface area contributed by atoms with Crippen molar-refractivity contribution >= 4 is 34.6 Å². The standard InChI is InChI=1S/C21H22N2O3S/c1-14(2)13-23-20(25)19(12-15-6-4-5-7-18(15)24)27-21(23)22-16-8-10-17(26-3)11-9-16/h4-12,14,24H,13H2,1-3H3/b19-12+,22-21?. The molecule has 0 aliphatic carbocycles. The van der Waals surface area contributed by atoms with Gasteiger partial charge in [-0.05, 0) is 54.1 Å². The number of phenolic OH excluding ortho intramolecular Hbond substituents is 1. The zero-order valence-electron chi connectivity index (χ0n) is 15.5. The number of hydrogen-bond donors (Lipinski definition) is 1. The molecule has 0 unspecified atom stereocenters. The average Bonchev–Trinajstić information content (AvgIpc) is 2.92. The summed E-state index contributed by atoms with van der Waals surface area (Å²) < 4.78 is 5.17. The van der Waals surface area contributed by atoms with Crippen LogP contribution in [0.1, 0.15) is 19.4 Å². The van der Waals surface area contributed by atoms with Crippen molar-refractivity contribution in [1.29, 1.82) is 0 Å². The van der Waals surface area contributed by atoms with Crippen molar-refractivity contribution in [2.45, 2.75) is 13.8 Å². The molecule has 1 heterocycles. The van der Waals surface area contributed by atoms with Crippen molar-refractivity contribution in [3.63, 3.8) is 0 Å². The van der Waals surface area contributed by atoms with Crippen LogP contribution in [0.15, 0.2) is 58.4 Å². The summed E-state index contributed by atoms with van der Waals surface area (Å²) >= 11 is 1.32. The van der Waals surface area contributed by atoms with E-state index in [1.54, 1.807) is 36.3 Å². The number of ether oxygens (including phenoxy) is 1. The van der Waals surface area contributed by atoms with Gasteiger partial charge in [0, 0.05) is 12.1 Å². The Labute approximate surface area is 163 Å². The van der Waals surface area contributed by atoms with Crippen molar-refractivity contribution < 1.29 is 14.6 Å². The molecular weight excluding hydrogens is 360 g/mol. The van der Waals surface area contributed by atoms with Gasteiger partial charge in [0.05, 0.1) is 17.7 Å². The number of nitrogens with zero attached hydrogens (tertiary/aromatic N) is 2. The van der Waals surface area contributed by atoms with Crippen molar-refractivity contribution in [3.05, 3.63) is 59.0 Å². The number of rotatable bonds is 5. The van der Waals surface area contributed by atoms with Crippen LogP contribution >= 0.6 is 11.8 Å². The first-order valence-corrected chi connectivity index (χ1v) is 9.51. The number of carbonyl (C=O) groups excluding carboxylic acids is 1. The minimum atomic E-state index is -0.0933. The van der Waals surface area contributed by atoms with Crippen LogP contribution in [0.4, 0.5) is 5.69 Å². The molecule has 0 atom stereocenters. The maximum Gasteiger partial charge on any atom is 0.266 e. The summed E-state index contributed by atoms with van der Waals surface area (Å²) in [5.74, 6) is 1.12. The molecule has 0 bridgehead atoms. The summed E-state index contributed by atoms with van der Waals surface area (Å²) in [7, 11) is 1.62. The van der Waals surface area contributed by atoms with Crippen LogP contribution in [-0.4, -0.2) is 34.7 Å². The molecule has 6 heteroatoms. The molecule has 0 spiro atoms. The molecule has 0 aromatic heterocycles. The van der Waals surface area contributed by atoms with Gasteiger partial charge in [-0.1, -0.05) is 32.0 Å². The van der Waals surface area contributed by atoms with Crippen LogP contribution in [0.25, 0.3) is 6.08 Å². The molecule has 1 amide bonds. The van der Waals surface area contributed by atoms with E-state index < -0.39 is 0 Å². The Hall–Kier alpha value is -2.73. The van der Waals surface area contributed by atoms with Crippen molar-refractivity contribution in [1.82, 2.24) is 4.90 Å². The molecule has 1 aliphatic heterocycles. The van der Waals surface area contributed by atoms with Crippen LogP contribution in [0.2, 0.25) is 0 Å². The highest BCUT2D eigenvalue weighted by atomic mass is 32.2. The molecule has 1 N–H and O–H groups in total. The van der Waals surface area contributed by atoms with Crippen molar-refractivity contribution in [2.75, 3.05) is 13.7 Å². The molecule has 2 aromatic carbocycles. The number of thioether (sulfide) groups is 1. The SMILES string of the molecule is COc1ccc(N=C2S/C(=C/c3ccccc3O)C(=O)N2CC(C)C)cc1. The normalized spacial score (nSPS) is 17.3. The molecule has 1 aliphatic rings. The van der Waals surface area contributed by atoms with Crippen LogP contribution < -0.4 is 4.74 Å². The van der Waals surface area contributed by atoms with Gasteiger partial charge in [0.15, 0.2) is 5.17 Å². The largest absolute Gasteiger partial charge is 0.507 e. The highest BCUT2D eigenvalue weighted by molar-refractivity contribution is 8.18. The lowest BCUT2D eigenvalue weighted by molar-refractivity contribution is -0.122. The molecule has 0 radical (unpaired) electrons. The third kappa shape index (κ3) is 4.52. The smallest absolute Gasteiger partial charge is 0.266 e. The van der Waals surface area contributed by atoms with Crippen LogP contribution in [-0.2, 0) is 4.79 Å². The minimum Gasteiger partial charge on any atom is -0.507 e. The number of aliphatic imine (C=N–C) groups is 1. The number of para-hydroxylation sites is 1. The van der Waals surface area contributed by atoms with E-state index in [1.807, 2.05) is 30.3 Å². The lowest BCUT2D eigenvalue weighted by Gasteiger charge is -2.17. The van der Waals surface area contributed by atoms with E-state index in [0.29, 0.717) is 28.1 Å². The second-order valence-corrected chi connectivity index (χ2v) is 7.58. The Kier molecular flexibility index (Phi) is 5.86. The number of aromatic hydroxyl groups is 1. The lowest BCUT2D eigenvalue weighted by Crippen LogP contribution is -2.32. The minimum absolute atomic E-state index is 0.0933. The molecule has 140 valence electrons.